The predicted octanol–water partition coefficient (Wildman–Crippen LogP) is 1.29. The van der Waals surface area contributed by atoms with E-state index in [4.69, 9.17) is 4.52 Å². The molecule has 3 heterocycles. The van der Waals surface area contributed by atoms with Crippen LogP contribution in [0.1, 0.15) is 18.4 Å². The van der Waals surface area contributed by atoms with E-state index >= 15 is 0 Å². The van der Waals surface area contributed by atoms with Crippen molar-refractivity contribution in [1.82, 2.24) is 20.4 Å². The lowest BCUT2D eigenvalue weighted by molar-refractivity contribution is 0.191. The van der Waals surface area contributed by atoms with Crippen LogP contribution >= 0.6 is 15.9 Å². The second-order valence-electron chi connectivity index (χ2n) is 4.14. The first-order valence-corrected chi connectivity index (χ1v) is 6.39. The van der Waals surface area contributed by atoms with Crippen LogP contribution < -0.4 is 5.32 Å². The van der Waals surface area contributed by atoms with Gasteiger partial charge in [0.25, 0.3) is 0 Å². The lowest BCUT2D eigenvalue weighted by atomic mass is 10.2. The van der Waals surface area contributed by atoms with Crippen molar-refractivity contribution in [2.24, 2.45) is 0 Å². The van der Waals surface area contributed by atoms with Gasteiger partial charge >= 0.3 is 0 Å². The normalized spacial score (nSPS) is 23.4. The Labute approximate surface area is 112 Å². The highest BCUT2D eigenvalue weighted by molar-refractivity contribution is 9.10. The molecule has 7 heteroatoms. The summed E-state index contributed by atoms with van der Waals surface area (Å²) in [7, 11) is 0. The molecule has 2 atom stereocenters. The van der Waals surface area contributed by atoms with E-state index in [0.29, 0.717) is 30.4 Å². The van der Waals surface area contributed by atoms with Crippen molar-refractivity contribution in [1.29, 1.82) is 0 Å². The monoisotopic (exact) mass is 310 g/mol. The van der Waals surface area contributed by atoms with Gasteiger partial charge in [0.1, 0.15) is 5.69 Å². The highest BCUT2D eigenvalue weighted by Gasteiger charge is 2.28. The molecule has 2 N–H and O–H groups in total. The molecule has 0 saturated carbocycles. The maximum Gasteiger partial charge on any atom is 0.244 e. The number of aliphatic hydroxyl groups is 1. The summed E-state index contributed by atoms with van der Waals surface area (Å²) in [6, 6.07) is 3.61. The zero-order valence-electron chi connectivity index (χ0n) is 9.38. The second kappa shape index (κ2) is 4.75. The molecular formula is C11H11BrN4O2. The summed E-state index contributed by atoms with van der Waals surface area (Å²) in [5.74, 6) is 0.930. The molecular weight excluding hydrogens is 300 g/mol. The van der Waals surface area contributed by atoms with E-state index in [9.17, 15) is 5.11 Å². The Morgan fingerprint density at radius 2 is 2.39 bits per heavy atom. The Hall–Kier alpha value is -1.31. The van der Waals surface area contributed by atoms with Gasteiger partial charge in [0.2, 0.25) is 11.7 Å². The molecule has 0 aromatic carbocycles. The minimum atomic E-state index is -0.355. The van der Waals surface area contributed by atoms with Gasteiger partial charge in [-0.05, 0) is 34.5 Å². The van der Waals surface area contributed by atoms with Crippen molar-refractivity contribution < 1.29 is 9.63 Å². The number of nitrogens with one attached hydrogen (secondary N) is 1. The molecule has 2 aromatic rings. The molecule has 0 spiro atoms. The third-order valence-electron chi connectivity index (χ3n) is 2.82. The quantitative estimate of drug-likeness (QED) is 0.869. The van der Waals surface area contributed by atoms with E-state index in [1.165, 1.54) is 0 Å². The standard InChI is InChI=1S/C11H11BrN4O2/c12-7-2-1-3-13-9(7)10-15-11(18-16-10)8-4-6(17)5-14-8/h1-3,6,8,14,17H,4-5H2/t6-,8-/m1/s1. The molecule has 1 aliphatic rings. The van der Waals surface area contributed by atoms with E-state index in [1.54, 1.807) is 6.20 Å². The number of aromatic nitrogens is 3. The molecule has 0 aliphatic carbocycles. The molecule has 0 unspecified atom stereocenters. The van der Waals surface area contributed by atoms with Gasteiger partial charge in [0.05, 0.1) is 12.1 Å². The van der Waals surface area contributed by atoms with Gasteiger partial charge in [-0.1, -0.05) is 5.16 Å². The first kappa shape index (κ1) is 11.8. The van der Waals surface area contributed by atoms with Crippen LogP contribution in [0.5, 0.6) is 0 Å². The topological polar surface area (TPSA) is 84.1 Å². The Morgan fingerprint density at radius 3 is 3.11 bits per heavy atom. The van der Waals surface area contributed by atoms with Crippen LogP contribution in [0.2, 0.25) is 0 Å². The highest BCUT2D eigenvalue weighted by Crippen LogP contribution is 2.26. The van der Waals surface area contributed by atoms with E-state index < -0.39 is 0 Å². The molecule has 0 bridgehead atoms. The number of aliphatic hydroxyl groups excluding tert-OH is 1. The lowest BCUT2D eigenvalue weighted by Gasteiger charge is -2.01. The summed E-state index contributed by atoms with van der Waals surface area (Å²) in [5.41, 5.74) is 0.644. The van der Waals surface area contributed by atoms with Crippen molar-refractivity contribution >= 4 is 15.9 Å². The van der Waals surface area contributed by atoms with Gasteiger partial charge in [-0.2, -0.15) is 4.98 Å². The molecule has 2 aromatic heterocycles. The molecule has 0 radical (unpaired) electrons. The number of β-amino-alcohol motifs (C(OH)–C–C–N with tert-alkyl or cyclic N) is 1. The van der Waals surface area contributed by atoms with Gasteiger partial charge in [-0.3, -0.25) is 4.98 Å². The van der Waals surface area contributed by atoms with Crippen LogP contribution in [-0.2, 0) is 0 Å². The molecule has 0 amide bonds. The smallest absolute Gasteiger partial charge is 0.244 e. The summed E-state index contributed by atoms with van der Waals surface area (Å²) in [4.78, 5) is 8.52. The zero-order chi connectivity index (χ0) is 12.5. The number of hydrogen-bond acceptors (Lipinski definition) is 6. The van der Waals surface area contributed by atoms with E-state index in [0.717, 1.165) is 4.47 Å². The number of nitrogens with zero attached hydrogens (tertiary/aromatic N) is 3. The van der Waals surface area contributed by atoms with Crippen molar-refractivity contribution in [2.75, 3.05) is 6.54 Å². The SMILES string of the molecule is O[C@H]1CN[C@@H](c2nc(-c3ncccc3Br)no2)C1. The van der Waals surface area contributed by atoms with Crippen molar-refractivity contribution in [3.8, 4) is 11.5 Å². The maximum atomic E-state index is 9.46. The zero-order valence-corrected chi connectivity index (χ0v) is 11.0. The Bertz CT molecular complexity index is 559. The van der Waals surface area contributed by atoms with Crippen LogP contribution in [0.25, 0.3) is 11.5 Å². The van der Waals surface area contributed by atoms with Gasteiger partial charge in [-0.15, -0.1) is 0 Å². The van der Waals surface area contributed by atoms with Crippen molar-refractivity contribution in [3.05, 3.63) is 28.7 Å². The fraction of sp³-hybridized carbons (Fsp3) is 0.364. The van der Waals surface area contributed by atoms with Crippen LogP contribution in [-0.4, -0.2) is 32.9 Å². The molecule has 6 nitrogen and oxygen atoms in total. The first-order valence-electron chi connectivity index (χ1n) is 5.60. The van der Waals surface area contributed by atoms with Crippen molar-refractivity contribution in [2.45, 2.75) is 18.6 Å². The largest absolute Gasteiger partial charge is 0.392 e. The fourth-order valence-electron chi connectivity index (χ4n) is 1.93. The number of halogens is 1. The highest BCUT2D eigenvalue weighted by atomic mass is 79.9. The number of hydrogen-bond donors (Lipinski definition) is 2. The van der Waals surface area contributed by atoms with Crippen LogP contribution in [0, 0.1) is 0 Å². The van der Waals surface area contributed by atoms with Crippen molar-refractivity contribution in [3.63, 3.8) is 0 Å². The average Bonchev–Trinajstić information content (AvgIpc) is 2.98. The molecule has 3 rings (SSSR count). The summed E-state index contributed by atoms with van der Waals surface area (Å²) < 4.78 is 6.03. The fourth-order valence-corrected chi connectivity index (χ4v) is 2.36. The Kier molecular flexibility index (Phi) is 3.11. The summed E-state index contributed by atoms with van der Waals surface area (Å²) >= 11 is 3.40. The summed E-state index contributed by atoms with van der Waals surface area (Å²) in [5, 5.41) is 16.5. The third kappa shape index (κ3) is 2.16. The van der Waals surface area contributed by atoms with E-state index in [-0.39, 0.29) is 12.1 Å². The van der Waals surface area contributed by atoms with E-state index in [1.807, 2.05) is 12.1 Å². The van der Waals surface area contributed by atoms with Crippen LogP contribution in [0.3, 0.4) is 0 Å². The molecule has 1 aliphatic heterocycles. The minimum Gasteiger partial charge on any atom is -0.392 e. The average molecular weight is 311 g/mol. The number of rotatable bonds is 2. The Balaban J connectivity index is 1.88. The molecule has 18 heavy (non-hydrogen) atoms. The second-order valence-corrected chi connectivity index (χ2v) is 4.99. The lowest BCUT2D eigenvalue weighted by Crippen LogP contribution is -2.15. The van der Waals surface area contributed by atoms with Gasteiger partial charge in [0, 0.05) is 17.2 Å². The predicted molar refractivity (Wildman–Crippen MR) is 66.6 cm³/mol. The molecule has 1 fully saturated rings. The summed E-state index contributed by atoms with van der Waals surface area (Å²) in [6.45, 7) is 0.551. The minimum absolute atomic E-state index is 0.0799. The third-order valence-corrected chi connectivity index (χ3v) is 3.46. The Morgan fingerprint density at radius 1 is 1.50 bits per heavy atom. The van der Waals surface area contributed by atoms with Gasteiger partial charge < -0.3 is 14.9 Å². The molecule has 94 valence electrons. The van der Waals surface area contributed by atoms with Gasteiger partial charge in [0.15, 0.2) is 0 Å². The van der Waals surface area contributed by atoms with Crippen LogP contribution in [0.15, 0.2) is 27.3 Å². The first-order chi connectivity index (χ1) is 8.74. The van der Waals surface area contributed by atoms with E-state index in [2.05, 4.69) is 36.4 Å². The maximum absolute atomic E-state index is 9.46. The van der Waals surface area contributed by atoms with Gasteiger partial charge in [-0.25, -0.2) is 0 Å². The summed E-state index contributed by atoms with van der Waals surface area (Å²) in [6.07, 6.45) is 1.91. The molecule has 1 saturated heterocycles. The number of pyridine rings is 1. The van der Waals surface area contributed by atoms with Crippen LogP contribution in [0.4, 0.5) is 0 Å².